The number of carbonyl (C=O) groups is 2. The molecule has 2 unspecified atom stereocenters. The van der Waals surface area contributed by atoms with E-state index in [4.69, 9.17) is 10.2 Å². The van der Waals surface area contributed by atoms with Gasteiger partial charge in [-0.1, -0.05) is 6.92 Å². The number of likely N-dealkylation sites (tertiary alicyclic amines) is 1. The number of aliphatic carboxylic acids is 1. The molecule has 0 aromatic carbocycles. The van der Waals surface area contributed by atoms with Gasteiger partial charge in [-0.3, -0.25) is 0 Å². The van der Waals surface area contributed by atoms with Crippen molar-refractivity contribution in [3.63, 3.8) is 0 Å². The molecule has 17 heavy (non-hydrogen) atoms. The maximum absolute atomic E-state index is 11.8. The number of nitrogens with one attached hydrogen (secondary N) is 1. The van der Waals surface area contributed by atoms with Crippen molar-refractivity contribution in [3.8, 4) is 0 Å². The Morgan fingerprint density at radius 1 is 1.41 bits per heavy atom. The van der Waals surface area contributed by atoms with Crippen molar-refractivity contribution >= 4 is 12.0 Å². The van der Waals surface area contributed by atoms with E-state index >= 15 is 0 Å². The van der Waals surface area contributed by atoms with Crippen LogP contribution in [0.2, 0.25) is 0 Å². The molecular formula is C11H20N2O4. The van der Waals surface area contributed by atoms with E-state index in [-0.39, 0.29) is 0 Å². The van der Waals surface area contributed by atoms with Gasteiger partial charge in [0.15, 0.2) is 6.04 Å². The van der Waals surface area contributed by atoms with Crippen LogP contribution in [0.5, 0.6) is 0 Å². The van der Waals surface area contributed by atoms with Crippen LogP contribution in [0.4, 0.5) is 4.79 Å². The lowest BCUT2D eigenvalue weighted by atomic mass is 10.0. The second kappa shape index (κ2) is 6.44. The SMILES string of the molecule is CC1CCCN(C(=O)NC(CO)C(=O)O)CC1. The van der Waals surface area contributed by atoms with Crippen molar-refractivity contribution in [2.45, 2.75) is 32.2 Å². The topological polar surface area (TPSA) is 89.9 Å². The highest BCUT2D eigenvalue weighted by molar-refractivity contribution is 5.82. The molecule has 98 valence electrons. The molecule has 6 heteroatoms. The maximum atomic E-state index is 11.8. The van der Waals surface area contributed by atoms with Gasteiger partial charge in [0.25, 0.3) is 0 Å². The van der Waals surface area contributed by atoms with E-state index in [1.807, 2.05) is 0 Å². The number of aliphatic hydroxyl groups is 1. The number of carboxylic acids is 1. The Morgan fingerprint density at radius 3 is 2.71 bits per heavy atom. The first-order chi connectivity index (χ1) is 8.04. The lowest BCUT2D eigenvalue weighted by Crippen LogP contribution is -2.49. The van der Waals surface area contributed by atoms with Gasteiger partial charge in [-0.15, -0.1) is 0 Å². The summed E-state index contributed by atoms with van der Waals surface area (Å²) in [5.74, 6) is -0.620. The summed E-state index contributed by atoms with van der Waals surface area (Å²) < 4.78 is 0. The first-order valence-corrected chi connectivity index (χ1v) is 5.93. The molecule has 1 saturated heterocycles. The van der Waals surface area contributed by atoms with Crippen LogP contribution in [-0.2, 0) is 4.79 Å². The number of hydrogen-bond donors (Lipinski definition) is 3. The van der Waals surface area contributed by atoms with Crippen LogP contribution >= 0.6 is 0 Å². The largest absolute Gasteiger partial charge is 0.480 e. The number of carboxylic acid groups (broad SMARTS) is 1. The number of amides is 2. The average molecular weight is 244 g/mol. The van der Waals surface area contributed by atoms with Crippen molar-refractivity contribution in [1.29, 1.82) is 0 Å². The molecule has 2 atom stereocenters. The van der Waals surface area contributed by atoms with E-state index in [0.717, 1.165) is 19.3 Å². The van der Waals surface area contributed by atoms with Crippen LogP contribution in [0.1, 0.15) is 26.2 Å². The highest BCUT2D eigenvalue weighted by atomic mass is 16.4. The van der Waals surface area contributed by atoms with E-state index in [1.165, 1.54) is 0 Å². The second-order valence-corrected chi connectivity index (χ2v) is 4.55. The van der Waals surface area contributed by atoms with Crippen LogP contribution in [0.3, 0.4) is 0 Å². The van der Waals surface area contributed by atoms with Crippen molar-refractivity contribution < 1.29 is 19.8 Å². The molecule has 1 aliphatic rings. The van der Waals surface area contributed by atoms with E-state index in [2.05, 4.69) is 12.2 Å². The quantitative estimate of drug-likeness (QED) is 0.664. The number of hydrogen-bond acceptors (Lipinski definition) is 3. The summed E-state index contributed by atoms with van der Waals surface area (Å²) in [6.45, 7) is 2.85. The van der Waals surface area contributed by atoms with Crippen LogP contribution < -0.4 is 5.32 Å². The lowest BCUT2D eigenvalue weighted by molar-refractivity contribution is -0.140. The fourth-order valence-corrected chi connectivity index (χ4v) is 1.89. The Morgan fingerprint density at radius 2 is 2.12 bits per heavy atom. The van der Waals surface area contributed by atoms with Crippen molar-refractivity contribution in [3.05, 3.63) is 0 Å². The number of rotatable bonds is 3. The normalized spacial score (nSPS) is 22.7. The van der Waals surface area contributed by atoms with E-state index in [1.54, 1.807) is 4.90 Å². The predicted octanol–water partition coefficient (Wildman–Crippen LogP) is 0.263. The minimum Gasteiger partial charge on any atom is -0.480 e. The van der Waals surface area contributed by atoms with E-state index < -0.39 is 24.6 Å². The molecule has 1 rings (SSSR count). The molecule has 1 aliphatic heterocycles. The molecule has 0 bridgehead atoms. The second-order valence-electron chi connectivity index (χ2n) is 4.55. The van der Waals surface area contributed by atoms with Gasteiger partial charge >= 0.3 is 12.0 Å². The number of urea groups is 1. The van der Waals surface area contributed by atoms with E-state index in [0.29, 0.717) is 19.0 Å². The molecule has 2 amide bonds. The monoisotopic (exact) mass is 244 g/mol. The zero-order chi connectivity index (χ0) is 12.8. The summed E-state index contributed by atoms with van der Waals surface area (Å²) in [6, 6.07) is -1.62. The molecule has 0 aromatic rings. The number of aliphatic hydroxyl groups excluding tert-OH is 1. The highest BCUT2D eigenvalue weighted by Gasteiger charge is 2.23. The van der Waals surface area contributed by atoms with E-state index in [9.17, 15) is 9.59 Å². The van der Waals surface area contributed by atoms with Gasteiger partial charge in [-0.05, 0) is 25.2 Å². The van der Waals surface area contributed by atoms with Gasteiger partial charge in [0.2, 0.25) is 0 Å². The first-order valence-electron chi connectivity index (χ1n) is 5.93. The van der Waals surface area contributed by atoms with Gasteiger partial charge < -0.3 is 20.4 Å². The highest BCUT2D eigenvalue weighted by Crippen LogP contribution is 2.16. The smallest absolute Gasteiger partial charge is 0.328 e. The summed E-state index contributed by atoms with van der Waals surface area (Å²) >= 11 is 0. The van der Waals surface area contributed by atoms with Crippen molar-refractivity contribution in [1.82, 2.24) is 10.2 Å². The molecule has 1 fully saturated rings. The van der Waals surface area contributed by atoms with Crippen LogP contribution in [0.25, 0.3) is 0 Å². The van der Waals surface area contributed by atoms with Gasteiger partial charge in [-0.25, -0.2) is 9.59 Å². The minimum atomic E-state index is -1.22. The number of carbonyl (C=O) groups excluding carboxylic acids is 1. The Balaban J connectivity index is 2.48. The Hall–Kier alpha value is -1.30. The average Bonchev–Trinajstić information content (AvgIpc) is 2.50. The van der Waals surface area contributed by atoms with Gasteiger partial charge in [-0.2, -0.15) is 0 Å². The number of nitrogens with zero attached hydrogens (tertiary/aromatic N) is 1. The summed E-state index contributed by atoms with van der Waals surface area (Å²) in [5, 5.41) is 19.9. The lowest BCUT2D eigenvalue weighted by Gasteiger charge is -2.23. The predicted molar refractivity (Wildman–Crippen MR) is 61.6 cm³/mol. The molecule has 3 N–H and O–H groups in total. The zero-order valence-corrected chi connectivity index (χ0v) is 10.1. The third-order valence-corrected chi connectivity index (χ3v) is 3.08. The summed E-state index contributed by atoms with van der Waals surface area (Å²) in [7, 11) is 0. The van der Waals surface area contributed by atoms with Crippen molar-refractivity contribution in [2.24, 2.45) is 5.92 Å². The fraction of sp³-hybridized carbons (Fsp3) is 0.818. The fourth-order valence-electron chi connectivity index (χ4n) is 1.89. The molecular weight excluding hydrogens is 224 g/mol. The third kappa shape index (κ3) is 4.22. The molecule has 0 aromatic heterocycles. The molecule has 0 saturated carbocycles. The first kappa shape index (κ1) is 13.8. The van der Waals surface area contributed by atoms with Gasteiger partial charge in [0, 0.05) is 13.1 Å². The summed E-state index contributed by atoms with van der Waals surface area (Å²) in [4.78, 5) is 24.1. The van der Waals surface area contributed by atoms with Gasteiger partial charge in [0.1, 0.15) is 0 Å². The maximum Gasteiger partial charge on any atom is 0.328 e. The zero-order valence-electron chi connectivity index (χ0n) is 10.1. The third-order valence-electron chi connectivity index (χ3n) is 3.08. The Bertz CT molecular complexity index is 283. The molecule has 6 nitrogen and oxygen atoms in total. The van der Waals surface area contributed by atoms with Crippen LogP contribution in [0, 0.1) is 5.92 Å². The standard InChI is InChI=1S/C11H20N2O4/c1-8-3-2-5-13(6-4-8)11(17)12-9(7-14)10(15)16/h8-9,14H,2-7H2,1H3,(H,12,17)(H,15,16). The molecule has 1 heterocycles. The minimum absolute atomic E-state index is 0.402. The Labute approximate surface area is 101 Å². The molecule has 0 aliphatic carbocycles. The van der Waals surface area contributed by atoms with Crippen LogP contribution in [-0.4, -0.2) is 52.9 Å². The summed E-state index contributed by atoms with van der Waals surface area (Å²) in [5.41, 5.74) is 0. The molecule has 0 radical (unpaired) electrons. The van der Waals surface area contributed by atoms with Crippen LogP contribution in [0.15, 0.2) is 0 Å². The van der Waals surface area contributed by atoms with Gasteiger partial charge in [0.05, 0.1) is 6.61 Å². The van der Waals surface area contributed by atoms with Crippen molar-refractivity contribution in [2.75, 3.05) is 19.7 Å². The molecule has 0 spiro atoms. The summed E-state index contributed by atoms with van der Waals surface area (Å²) in [6.07, 6.45) is 2.96. The Kier molecular flexibility index (Phi) is 5.21.